The molecule has 2 aliphatic rings. The Labute approximate surface area is 111 Å². The molecule has 2 N–H and O–H groups in total. The van der Waals surface area contributed by atoms with E-state index in [-0.39, 0.29) is 17.7 Å². The highest BCUT2D eigenvalue weighted by atomic mass is 16.2. The number of nitrogens with one attached hydrogen (secondary N) is 2. The van der Waals surface area contributed by atoms with Crippen molar-refractivity contribution in [3.8, 4) is 0 Å². The van der Waals surface area contributed by atoms with E-state index >= 15 is 0 Å². The van der Waals surface area contributed by atoms with Crippen LogP contribution in [0.15, 0.2) is 6.07 Å². The third-order valence-corrected chi connectivity index (χ3v) is 3.78. The minimum absolute atomic E-state index is 0.106. The Hall–Kier alpha value is -1.85. The van der Waals surface area contributed by atoms with Crippen LogP contribution in [0.5, 0.6) is 0 Å². The van der Waals surface area contributed by atoms with Crippen LogP contribution in [0.3, 0.4) is 0 Å². The van der Waals surface area contributed by atoms with Gasteiger partial charge in [-0.1, -0.05) is 6.92 Å². The number of nitrogens with zero attached hydrogens (tertiary/aromatic N) is 2. The van der Waals surface area contributed by atoms with Gasteiger partial charge in [-0.2, -0.15) is 5.10 Å². The van der Waals surface area contributed by atoms with Crippen molar-refractivity contribution in [2.45, 2.75) is 38.6 Å². The molecular formula is C13H18N4O2. The van der Waals surface area contributed by atoms with Gasteiger partial charge in [-0.3, -0.25) is 14.7 Å². The molecule has 3 rings (SSSR count). The molecule has 0 radical (unpaired) electrons. The highest BCUT2D eigenvalue weighted by molar-refractivity contribution is 5.96. The second kappa shape index (κ2) is 4.68. The summed E-state index contributed by atoms with van der Waals surface area (Å²) in [6.45, 7) is 2.57. The van der Waals surface area contributed by atoms with Gasteiger partial charge in [-0.25, -0.2) is 0 Å². The summed E-state index contributed by atoms with van der Waals surface area (Å²) in [5, 5.41) is 9.66. The molecule has 2 fully saturated rings. The molecule has 102 valence electrons. The molecular weight excluding hydrogens is 244 g/mol. The van der Waals surface area contributed by atoms with E-state index in [4.69, 9.17) is 0 Å². The van der Waals surface area contributed by atoms with Crippen molar-refractivity contribution in [2.24, 2.45) is 5.92 Å². The van der Waals surface area contributed by atoms with Crippen molar-refractivity contribution in [2.75, 3.05) is 11.9 Å². The Morgan fingerprint density at radius 2 is 2.37 bits per heavy atom. The minimum Gasteiger partial charge on any atom is -0.339 e. The quantitative estimate of drug-likeness (QED) is 0.847. The number of aromatic nitrogens is 2. The first-order valence-corrected chi connectivity index (χ1v) is 6.82. The Kier molecular flexibility index (Phi) is 3.00. The second-order valence-corrected chi connectivity index (χ2v) is 5.30. The molecule has 1 aromatic rings. The fourth-order valence-electron chi connectivity index (χ4n) is 2.48. The zero-order valence-corrected chi connectivity index (χ0v) is 11.0. The van der Waals surface area contributed by atoms with Crippen LogP contribution in [0.25, 0.3) is 0 Å². The van der Waals surface area contributed by atoms with Gasteiger partial charge >= 0.3 is 0 Å². The van der Waals surface area contributed by atoms with Crippen molar-refractivity contribution >= 4 is 17.6 Å². The van der Waals surface area contributed by atoms with Crippen molar-refractivity contribution < 1.29 is 9.59 Å². The molecule has 6 heteroatoms. The van der Waals surface area contributed by atoms with E-state index in [9.17, 15) is 9.59 Å². The van der Waals surface area contributed by atoms with Crippen LogP contribution in [0, 0.1) is 5.92 Å². The number of hydrogen-bond acceptors (Lipinski definition) is 3. The van der Waals surface area contributed by atoms with Crippen molar-refractivity contribution in [3.63, 3.8) is 0 Å². The molecule has 2 amide bonds. The van der Waals surface area contributed by atoms with Gasteiger partial charge in [0.1, 0.15) is 0 Å². The topological polar surface area (TPSA) is 78.1 Å². The summed E-state index contributed by atoms with van der Waals surface area (Å²) in [6, 6.07) is 2.22. The average Bonchev–Trinajstić information content (AvgIpc) is 3.01. The number of anilines is 1. The summed E-state index contributed by atoms with van der Waals surface area (Å²) in [5.74, 6) is 0.304. The largest absolute Gasteiger partial charge is 0.339 e. The molecule has 1 atom stereocenters. The molecule has 0 aromatic carbocycles. The van der Waals surface area contributed by atoms with Crippen LogP contribution in [-0.4, -0.2) is 39.5 Å². The predicted molar refractivity (Wildman–Crippen MR) is 69.4 cm³/mol. The number of aryl methyl sites for hydroxylation is 1. The summed E-state index contributed by atoms with van der Waals surface area (Å²) in [7, 11) is 0. The number of H-pyrrole nitrogens is 1. The summed E-state index contributed by atoms with van der Waals surface area (Å²) in [6.07, 6.45) is 3.34. The van der Waals surface area contributed by atoms with Gasteiger partial charge in [0.05, 0.1) is 5.92 Å². The smallest absolute Gasteiger partial charge is 0.230 e. The molecule has 6 nitrogen and oxygen atoms in total. The number of carbonyl (C=O) groups is 2. The van der Waals surface area contributed by atoms with Crippen LogP contribution >= 0.6 is 0 Å². The molecule has 0 bridgehead atoms. The summed E-state index contributed by atoms with van der Waals surface area (Å²) >= 11 is 0. The third kappa shape index (κ3) is 2.47. The molecule has 19 heavy (non-hydrogen) atoms. The highest BCUT2D eigenvalue weighted by Gasteiger charge is 2.41. The van der Waals surface area contributed by atoms with Gasteiger partial charge in [-0.05, 0) is 19.3 Å². The minimum atomic E-state index is -0.241. The number of likely N-dealkylation sites (tertiary alicyclic amines) is 1. The van der Waals surface area contributed by atoms with Gasteiger partial charge in [0.15, 0.2) is 5.82 Å². The zero-order chi connectivity index (χ0) is 13.4. The molecule has 0 spiro atoms. The van der Waals surface area contributed by atoms with E-state index in [1.807, 2.05) is 17.9 Å². The van der Waals surface area contributed by atoms with Crippen molar-refractivity contribution in [1.82, 2.24) is 15.1 Å². The fourth-order valence-corrected chi connectivity index (χ4v) is 2.48. The van der Waals surface area contributed by atoms with Gasteiger partial charge in [0.2, 0.25) is 11.8 Å². The molecule has 1 saturated carbocycles. The maximum Gasteiger partial charge on any atom is 0.230 e. The van der Waals surface area contributed by atoms with E-state index in [2.05, 4.69) is 15.5 Å². The molecule has 1 unspecified atom stereocenters. The maximum absolute atomic E-state index is 12.1. The predicted octanol–water partition coefficient (Wildman–Crippen LogP) is 0.921. The summed E-state index contributed by atoms with van der Waals surface area (Å²) in [4.78, 5) is 25.8. The van der Waals surface area contributed by atoms with Crippen LogP contribution < -0.4 is 5.32 Å². The lowest BCUT2D eigenvalue weighted by molar-refractivity contribution is -0.128. The van der Waals surface area contributed by atoms with Gasteiger partial charge in [-0.15, -0.1) is 0 Å². The molecule has 1 aromatic heterocycles. The van der Waals surface area contributed by atoms with E-state index in [0.717, 1.165) is 25.0 Å². The van der Waals surface area contributed by atoms with Crippen molar-refractivity contribution in [3.05, 3.63) is 11.8 Å². The number of hydrogen-bond donors (Lipinski definition) is 2. The molecule has 1 saturated heterocycles. The SMILES string of the molecule is CCc1cc(NC(=O)C2CC(=O)N(C3CC3)C2)n[nH]1. The molecule has 1 aliphatic carbocycles. The molecule has 1 aliphatic heterocycles. The first-order valence-electron chi connectivity index (χ1n) is 6.82. The first kappa shape index (κ1) is 12.2. The standard InChI is InChI=1S/C13H18N4O2/c1-2-9-6-11(16-15-9)14-13(19)8-5-12(18)17(7-8)10-3-4-10/h6,8,10H,2-5,7H2,1H3,(H2,14,15,16,19). The molecule has 2 heterocycles. The fraction of sp³-hybridized carbons (Fsp3) is 0.615. The second-order valence-electron chi connectivity index (χ2n) is 5.30. The maximum atomic E-state index is 12.1. The monoisotopic (exact) mass is 262 g/mol. The Morgan fingerprint density at radius 3 is 3.00 bits per heavy atom. The van der Waals surface area contributed by atoms with Gasteiger partial charge in [0, 0.05) is 30.8 Å². The zero-order valence-electron chi connectivity index (χ0n) is 11.0. The van der Waals surface area contributed by atoms with E-state index in [1.165, 1.54) is 0 Å². The van der Waals surface area contributed by atoms with Crippen LogP contribution in [0.4, 0.5) is 5.82 Å². The van der Waals surface area contributed by atoms with Crippen LogP contribution in [-0.2, 0) is 16.0 Å². The van der Waals surface area contributed by atoms with Gasteiger partial charge in [0.25, 0.3) is 0 Å². The van der Waals surface area contributed by atoms with Crippen molar-refractivity contribution in [1.29, 1.82) is 0 Å². The van der Waals surface area contributed by atoms with Crippen LogP contribution in [0.2, 0.25) is 0 Å². The Morgan fingerprint density at radius 1 is 1.58 bits per heavy atom. The van der Waals surface area contributed by atoms with E-state index in [1.54, 1.807) is 0 Å². The Bertz CT molecular complexity index is 506. The lowest BCUT2D eigenvalue weighted by atomic mass is 10.1. The van der Waals surface area contributed by atoms with E-state index < -0.39 is 0 Å². The normalized spacial score (nSPS) is 22.9. The first-order chi connectivity index (χ1) is 9.17. The highest BCUT2D eigenvalue weighted by Crippen LogP contribution is 2.32. The summed E-state index contributed by atoms with van der Waals surface area (Å²) in [5.41, 5.74) is 0.984. The number of rotatable bonds is 4. The lowest BCUT2D eigenvalue weighted by Crippen LogP contribution is -2.29. The average molecular weight is 262 g/mol. The van der Waals surface area contributed by atoms with Crippen LogP contribution in [0.1, 0.15) is 31.9 Å². The lowest BCUT2D eigenvalue weighted by Gasteiger charge is -2.14. The Balaban J connectivity index is 1.60. The van der Waals surface area contributed by atoms with E-state index in [0.29, 0.717) is 24.8 Å². The summed E-state index contributed by atoms with van der Waals surface area (Å²) < 4.78 is 0. The van der Waals surface area contributed by atoms with Gasteiger partial charge < -0.3 is 10.2 Å². The number of aromatic amines is 1. The third-order valence-electron chi connectivity index (χ3n) is 3.78. The number of amides is 2. The number of carbonyl (C=O) groups excluding carboxylic acids is 2.